The second-order valence-electron chi connectivity index (χ2n) is 10.1. The Bertz CT molecular complexity index is 1270. The van der Waals surface area contributed by atoms with Crippen molar-refractivity contribution in [2.45, 2.75) is 43.9 Å². The SMILES string of the molecule is COc1cc(-c2cn(-c3ccc(Br)cc3C3CC34CCNCC4)nn2)nc(N2CCC(F)(F)CC2)n1. The van der Waals surface area contributed by atoms with Crippen molar-refractivity contribution in [3.05, 3.63) is 40.5 Å². The lowest BCUT2D eigenvalue weighted by molar-refractivity contribution is -0.0222. The molecule has 1 aliphatic carbocycles. The predicted molar refractivity (Wildman–Crippen MR) is 135 cm³/mol. The number of nitrogens with one attached hydrogen (secondary N) is 1. The number of nitrogens with zero attached hydrogens (tertiary/aromatic N) is 6. The highest BCUT2D eigenvalue weighted by atomic mass is 79.9. The molecule has 2 aliphatic heterocycles. The molecule has 4 heterocycles. The third-order valence-electron chi connectivity index (χ3n) is 7.83. The minimum Gasteiger partial charge on any atom is -0.481 e. The first-order chi connectivity index (χ1) is 17.4. The Hall–Kier alpha value is -2.66. The number of piperidine rings is 2. The summed E-state index contributed by atoms with van der Waals surface area (Å²) in [5.74, 6) is -1.42. The van der Waals surface area contributed by atoms with Crippen LogP contribution in [0.1, 0.15) is 43.6 Å². The van der Waals surface area contributed by atoms with E-state index < -0.39 is 5.92 Å². The average molecular weight is 560 g/mol. The maximum atomic E-state index is 13.7. The lowest BCUT2D eigenvalue weighted by atomic mass is 9.89. The number of halogens is 3. The van der Waals surface area contributed by atoms with Crippen LogP contribution in [0.25, 0.3) is 17.1 Å². The molecule has 0 amide bonds. The van der Waals surface area contributed by atoms with Crippen molar-refractivity contribution >= 4 is 21.9 Å². The van der Waals surface area contributed by atoms with Gasteiger partial charge in [-0.25, -0.2) is 18.4 Å². The molecule has 0 bridgehead atoms. The second kappa shape index (κ2) is 9.02. The Labute approximate surface area is 216 Å². The zero-order chi connectivity index (χ0) is 24.9. The Morgan fingerprint density at radius 2 is 1.83 bits per heavy atom. The molecule has 1 atom stereocenters. The molecular weight excluding hydrogens is 532 g/mol. The van der Waals surface area contributed by atoms with Gasteiger partial charge >= 0.3 is 0 Å². The number of ether oxygens (including phenoxy) is 1. The van der Waals surface area contributed by atoms with Gasteiger partial charge in [0.05, 0.1) is 19.0 Å². The van der Waals surface area contributed by atoms with Gasteiger partial charge in [-0.2, -0.15) is 4.98 Å². The number of alkyl halides is 2. The second-order valence-corrected chi connectivity index (χ2v) is 11.0. The van der Waals surface area contributed by atoms with Crippen molar-refractivity contribution in [2.75, 3.05) is 38.2 Å². The number of anilines is 1. The first-order valence-corrected chi connectivity index (χ1v) is 13.1. The van der Waals surface area contributed by atoms with Gasteiger partial charge in [0.15, 0.2) is 0 Å². The summed E-state index contributed by atoms with van der Waals surface area (Å²) in [5.41, 5.74) is 3.78. The van der Waals surface area contributed by atoms with E-state index in [1.54, 1.807) is 15.6 Å². The van der Waals surface area contributed by atoms with Gasteiger partial charge in [-0.3, -0.25) is 0 Å². The van der Waals surface area contributed by atoms with E-state index in [4.69, 9.17) is 4.74 Å². The highest BCUT2D eigenvalue weighted by molar-refractivity contribution is 9.10. The molecule has 3 aliphatic rings. The van der Waals surface area contributed by atoms with Crippen LogP contribution < -0.4 is 15.0 Å². The predicted octanol–water partition coefficient (Wildman–Crippen LogP) is 4.59. The van der Waals surface area contributed by atoms with E-state index in [-0.39, 0.29) is 25.9 Å². The van der Waals surface area contributed by atoms with Crippen LogP contribution in [0.15, 0.2) is 34.9 Å². The van der Waals surface area contributed by atoms with Crippen LogP contribution in [0.4, 0.5) is 14.7 Å². The zero-order valence-corrected chi connectivity index (χ0v) is 21.6. The van der Waals surface area contributed by atoms with Gasteiger partial charge < -0.3 is 15.0 Å². The lowest BCUT2D eigenvalue weighted by Crippen LogP contribution is -2.40. The Kier molecular flexibility index (Phi) is 5.94. The molecule has 6 rings (SSSR count). The van der Waals surface area contributed by atoms with Crippen LogP contribution in [0.5, 0.6) is 5.88 Å². The summed E-state index contributed by atoms with van der Waals surface area (Å²) in [7, 11) is 1.53. The summed E-state index contributed by atoms with van der Waals surface area (Å²) >= 11 is 3.65. The van der Waals surface area contributed by atoms with Gasteiger partial charge in [0.1, 0.15) is 11.4 Å². The maximum Gasteiger partial charge on any atom is 0.251 e. The molecule has 190 valence electrons. The molecular formula is C25H28BrF2N7O. The summed E-state index contributed by atoms with van der Waals surface area (Å²) in [4.78, 5) is 10.8. The van der Waals surface area contributed by atoms with E-state index in [9.17, 15) is 8.78 Å². The fourth-order valence-corrected chi connectivity index (χ4v) is 5.98. The first kappa shape index (κ1) is 23.7. The molecule has 3 fully saturated rings. The van der Waals surface area contributed by atoms with Crippen LogP contribution in [0, 0.1) is 5.41 Å². The van der Waals surface area contributed by atoms with Crippen molar-refractivity contribution < 1.29 is 13.5 Å². The van der Waals surface area contributed by atoms with Crippen LogP contribution in [-0.4, -0.2) is 64.2 Å². The highest BCUT2D eigenvalue weighted by Gasteiger charge is 2.55. The fraction of sp³-hybridized carbons (Fsp3) is 0.520. The maximum absolute atomic E-state index is 13.7. The van der Waals surface area contributed by atoms with E-state index in [2.05, 4.69) is 53.7 Å². The number of hydrogen-bond donors (Lipinski definition) is 1. The Morgan fingerprint density at radius 3 is 2.58 bits per heavy atom. The number of rotatable bonds is 5. The largest absolute Gasteiger partial charge is 0.481 e. The van der Waals surface area contributed by atoms with Crippen molar-refractivity contribution in [3.8, 4) is 23.0 Å². The highest BCUT2D eigenvalue weighted by Crippen LogP contribution is 2.65. The number of methoxy groups -OCH3 is 1. The summed E-state index contributed by atoms with van der Waals surface area (Å²) in [6, 6.07) is 8.00. The molecule has 11 heteroatoms. The van der Waals surface area contributed by atoms with E-state index in [1.807, 2.05) is 12.3 Å². The zero-order valence-electron chi connectivity index (χ0n) is 20.1. The molecule has 1 N–H and O–H groups in total. The minimum absolute atomic E-state index is 0.188. The molecule has 0 radical (unpaired) electrons. The van der Waals surface area contributed by atoms with Crippen LogP contribution >= 0.6 is 15.9 Å². The van der Waals surface area contributed by atoms with Gasteiger partial charge in [0, 0.05) is 36.5 Å². The fourth-order valence-electron chi connectivity index (χ4n) is 5.60. The van der Waals surface area contributed by atoms with Gasteiger partial charge in [-0.1, -0.05) is 21.1 Å². The van der Waals surface area contributed by atoms with Crippen molar-refractivity contribution in [1.82, 2.24) is 30.3 Å². The smallest absolute Gasteiger partial charge is 0.251 e. The molecule has 8 nitrogen and oxygen atoms in total. The number of aromatic nitrogens is 5. The summed E-state index contributed by atoms with van der Waals surface area (Å²) < 4.78 is 35.6. The average Bonchev–Trinajstić information content (AvgIpc) is 3.32. The van der Waals surface area contributed by atoms with E-state index >= 15 is 0 Å². The van der Waals surface area contributed by atoms with E-state index in [1.165, 1.54) is 31.9 Å². The molecule has 2 saturated heterocycles. The third kappa shape index (κ3) is 4.47. The summed E-state index contributed by atoms with van der Waals surface area (Å²) in [5, 5.41) is 12.3. The first-order valence-electron chi connectivity index (χ1n) is 12.3. The van der Waals surface area contributed by atoms with Crippen molar-refractivity contribution in [2.24, 2.45) is 5.41 Å². The van der Waals surface area contributed by atoms with Crippen LogP contribution in [-0.2, 0) is 0 Å². The third-order valence-corrected chi connectivity index (χ3v) is 8.33. The van der Waals surface area contributed by atoms with Crippen LogP contribution in [0.3, 0.4) is 0 Å². The monoisotopic (exact) mass is 559 g/mol. The topological polar surface area (TPSA) is 81.0 Å². The summed E-state index contributed by atoms with van der Waals surface area (Å²) in [6.07, 6.45) is 5.01. The Balaban J connectivity index is 1.31. The molecule has 1 aromatic carbocycles. The quantitative estimate of drug-likeness (QED) is 0.489. The van der Waals surface area contributed by atoms with Crippen molar-refractivity contribution in [3.63, 3.8) is 0 Å². The standard InChI is InChI=1S/C25H28BrF2N7O/c1-36-22-13-19(30-23(31-22)34-10-6-25(27,28)7-11-34)20-15-35(33-32-20)21-3-2-16(26)12-17(21)18-14-24(18)4-8-29-9-5-24/h2-3,12-13,15,18,29H,4-11,14H2,1H3. The van der Waals surface area contributed by atoms with Crippen molar-refractivity contribution in [1.29, 1.82) is 0 Å². The molecule has 3 aromatic rings. The van der Waals surface area contributed by atoms with Gasteiger partial charge in [-0.15, -0.1) is 5.10 Å². The molecule has 1 saturated carbocycles. The van der Waals surface area contributed by atoms with Gasteiger partial charge in [0.2, 0.25) is 11.8 Å². The molecule has 36 heavy (non-hydrogen) atoms. The summed E-state index contributed by atoms with van der Waals surface area (Å²) in [6.45, 7) is 2.51. The van der Waals surface area contributed by atoms with E-state index in [0.717, 1.165) is 23.2 Å². The number of hydrogen-bond acceptors (Lipinski definition) is 7. The minimum atomic E-state index is -2.64. The van der Waals surface area contributed by atoms with Gasteiger partial charge in [0.25, 0.3) is 5.92 Å². The normalized spacial score (nSPS) is 22.6. The van der Waals surface area contributed by atoms with E-state index in [0.29, 0.717) is 34.5 Å². The molecule has 1 spiro atoms. The van der Waals surface area contributed by atoms with Gasteiger partial charge in [-0.05, 0) is 67.4 Å². The molecule has 2 aromatic heterocycles. The Morgan fingerprint density at radius 1 is 1.06 bits per heavy atom. The van der Waals surface area contributed by atoms with Crippen LogP contribution in [0.2, 0.25) is 0 Å². The lowest BCUT2D eigenvalue weighted by Gasteiger charge is -2.31. The molecule has 1 unspecified atom stereocenters. The number of benzene rings is 1.